The molecule has 0 unspecified atom stereocenters. The van der Waals surface area contributed by atoms with Gasteiger partial charge in [-0.1, -0.05) is 30.3 Å². The molecule has 8 nitrogen and oxygen atoms in total. The number of pyridine rings is 4. The van der Waals surface area contributed by atoms with Gasteiger partial charge in [-0.05, 0) is 41.5 Å². The molecule has 0 saturated carbocycles. The van der Waals surface area contributed by atoms with Gasteiger partial charge in [0, 0.05) is 46.7 Å². The summed E-state index contributed by atoms with van der Waals surface area (Å²) in [5.74, 6) is 0.687. The molecule has 0 radical (unpaired) electrons. The van der Waals surface area contributed by atoms with Gasteiger partial charge in [0.05, 0.1) is 41.0 Å². The van der Waals surface area contributed by atoms with Gasteiger partial charge in [0.15, 0.2) is 0 Å². The van der Waals surface area contributed by atoms with Crippen molar-refractivity contribution in [3.05, 3.63) is 110 Å². The number of fused-ring (bicyclic) bond motifs is 2. The fourth-order valence-corrected chi connectivity index (χ4v) is 4.60. The van der Waals surface area contributed by atoms with Crippen LogP contribution in [-0.2, 0) is 6.61 Å². The number of ether oxygens (including phenoxy) is 1. The van der Waals surface area contributed by atoms with Crippen LogP contribution in [0.4, 0.5) is 0 Å². The molecule has 0 bridgehead atoms. The molecule has 182 valence electrons. The van der Waals surface area contributed by atoms with Gasteiger partial charge in [0.25, 0.3) is 0 Å². The zero-order chi connectivity index (χ0) is 25.3. The first-order valence-electron chi connectivity index (χ1n) is 12.2. The summed E-state index contributed by atoms with van der Waals surface area (Å²) in [5.41, 5.74) is 8.33. The van der Waals surface area contributed by atoms with Gasteiger partial charge in [-0.25, -0.2) is 0 Å². The maximum Gasteiger partial charge on any atom is 0.138 e. The lowest BCUT2D eigenvalue weighted by Gasteiger charge is -2.08. The third kappa shape index (κ3) is 4.04. The Bertz CT molecular complexity index is 1880. The van der Waals surface area contributed by atoms with Gasteiger partial charge in [-0.15, -0.1) is 0 Å². The molecule has 2 N–H and O–H groups in total. The molecule has 0 aliphatic rings. The number of aromatic nitrogens is 7. The van der Waals surface area contributed by atoms with Crippen LogP contribution < -0.4 is 4.74 Å². The lowest BCUT2D eigenvalue weighted by molar-refractivity contribution is 0.305. The van der Waals surface area contributed by atoms with Crippen LogP contribution in [-0.4, -0.2) is 35.1 Å². The Morgan fingerprint density at radius 3 is 2.47 bits per heavy atom. The first kappa shape index (κ1) is 21.9. The molecule has 8 heteroatoms. The van der Waals surface area contributed by atoms with E-state index in [1.165, 1.54) is 0 Å². The normalized spacial score (nSPS) is 11.3. The summed E-state index contributed by atoms with van der Waals surface area (Å²) in [4.78, 5) is 21.1. The van der Waals surface area contributed by atoms with Crippen molar-refractivity contribution < 1.29 is 4.74 Å². The van der Waals surface area contributed by atoms with Crippen molar-refractivity contribution in [3.8, 4) is 39.5 Å². The molecule has 1 aromatic carbocycles. The maximum atomic E-state index is 5.98. The van der Waals surface area contributed by atoms with E-state index in [4.69, 9.17) is 4.74 Å². The number of nitrogens with zero attached hydrogens (tertiary/aromatic N) is 5. The van der Waals surface area contributed by atoms with E-state index in [1.54, 1.807) is 31.0 Å². The predicted molar refractivity (Wildman–Crippen MR) is 146 cm³/mol. The van der Waals surface area contributed by atoms with Gasteiger partial charge >= 0.3 is 0 Å². The van der Waals surface area contributed by atoms with Crippen molar-refractivity contribution in [3.63, 3.8) is 0 Å². The van der Waals surface area contributed by atoms with Gasteiger partial charge in [0.2, 0.25) is 0 Å². The van der Waals surface area contributed by atoms with Gasteiger partial charge in [0.1, 0.15) is 18.1 Å². The maximum absolute atomic E-state index is 5.98. The van der Waals surface area contributed by atoms with Gasteiger partial charge in [-0.2, -0.15) is 5.10 Å². The Hall–Kier alpha value is -5.37. The molecule has 38 heavy (non-hydrogen) atoms. The van der Waals surface area contributed by atoms with Crippen molar-refractivity contribution in [1.82, 2.24) is 35.1 Å². The second-order valence-corrected chi connectivity index (χ2v) is 8.94. The van der Waals surface area contributed by atoms with Crippen molar-refractivity contribution in [2.24, 2.45) is 0 Å². The quantitative estimate of drug-likeness (QED) is 0.284. The van der Waals surface area contributed by atoms with Crippen LogP contribution in [0, 0.1) is 0 Å². The topological polar surface area (TPSA) is 105 Å². The van der Waals surface area contributed by atoms with Crippen LogP contribution in [0.2, 0.25) is 0 Å². The SMILES string of the molecule is c1ccc(COc2cncc(-c3cc4c(-c5cc6c(-c7ccncc7)cncc6[nH]5)n[nH]c4cn3)c2)cc1. The summed E-state index contributed by atoms with van der Waals surface area (Å²) >= 11 is 0. The first-order valence-corrected chi connectivity index (χ1v) is 12.2. The van der Waals surface area contributed by atoms with E-state index < -0.39 is 0 Å². The Labute approximate surface area is 217 Å². The minimum Gasteiger partial charge on any atom is -0.487 e. The molecular weight excluding hydrogens is 474 g/mol. The average molecular weight is 496 g/mol. The Balaban J connectivity index is 1.24. The van der Waals surface area contributed by atoms with Crippen LogP contribution in [0.25, 0.3) is 55.6 Å². The van der Waals surface area contributed by atoms with E-state index in [2.05, 4.69) is 41.2 Å². The van der Waals surface area contributed by atoms with Crippen LogP contribution in [0.5, 0.6) is 5.75 Å². The predicted octanol–water partition coefficient (Wildman–Crippen LogP) is 6.20. The van der Waals surface area contributed by atoms with Crippen LogP contribution in [0.1, 0.15) is 5.56 Å². The third-order valence-corrected chi connectivity index (χ3v) is 6.50. The summed E-state index contributed by atoms with van der Waals surface area (Å²) in [5, 5.41) is 9.74. The van der Waals surface area contributed by atoms with E-state index in [0.717, 1.165) is 61.1 Å². The molecule has 0 aliphatic heterocycles. The van der Waals surface area contributed by atoms with Crippen molar-refractivity contribution in [2.75, 3.05) is 0 Å². The highest BCUT2D eigenvalue weighted by atomic mass is 16.5. The molecule has 0 spiro atoms. The minimum absolute atomic E-state index is 0.473. The van der Waals surface area contributed by atoms with Crippen molar-refractivity contribution in [2.45, 2.75) is 6.61 Å². The Kier molecular flexibility index (Phi) is 5.33. The largest absolute Gasteiger partial charge is 0.487 e. The van der Waals surface area contributed by atoms with E-state index in [-0.39, 0.29) is 0 Å². The molecular formula is C30H21N7O. The minimum atomic E-state index is 0.473. The molecule has 7 aromatic rings. The summed E-state index contributed by atoms with van der Waals surface area (Å²) in [6, 6.07) is 20.1. The summed E-state index contributed by atoms with van der Waals surface area (Å²) in [6.07, 6.45) is 12.6. The number of aromatic amines is 2. The number of rotatable bonds is 6. The second-order valence-electron chi connectivity index (χ2n) is 8.94. The highest BCUT2D eigenvalue weighted by Gasteiger charge is 2.15. The van der Waals surface area contributed by atoms with E-state index in [0.29, 0.717) is 12.4 Å². The summed E-state index contributed by atoms with van der Waals surface area (Å²) < 4.78 is 5.98. The molecule has 7 rings (SSSR count). The smallest absolute Gasteiger partial charge is 0.138 e. The molecule has 0 fully saturated rings. The zero-order valence-electron chi connectivity index (χ0n) is 20.2. The monoisotopic (exact) mass is 495 g/mol. The van der Waals surface area contributed by atoms with Crippen molar-refractivity contribution >= 4 is 21.8 Å². The van der Waals surface area contributed by atoms with Gasteiger partial charge < -0.3 is 9.72 Å². The van der Waals surface area contributed by atoms with Crippen molar-refractivity contribution in [1.29, 1.82) is 0 Å². The number of hydrogen-bond acceptors (Lipinski definition) is 6. The number of nitrogens with one attached hydrogen (secondary N) is 2. The Morgan fingerprint density at radius 1 is 0.711 bits per heavy atom. The molecule has 0 atom stereocenters. The van der Waals surface area contributed by atoms with E-state index in [9.17, 15) is 0 Å². The summed E-state index contributed by atoms with van der Waals surface area (Å²) in [7, 11) is 0. The second kappa shape index (κ2) is 9.25. The van der Waals surface area contributed by atoms with Crippen LogP contribution >= 0.6 is 0 Å². The lowest BCUT2D eigenvalue weighted by atomic mass is 10.1. The van der Waals surface area contributed by atoms with Gasteiger partial charge in [-0.3, -0.25) is 25.0 Å². The first-order chi connectivity index (χ1) is 18.8. The number of benzene rings is 1. The molecule has 6 aromatic heterocycles. The average Bonchev–Trinajstić information content (AvgIpc) is 3.61. The Morgan fingerprint density at radius 2 is 1.58 bits per heavy atom. The number of H-pyrrole nitrogens is 2. The zero-order valence-corrected chi connectivity index (χ0v) is 20.2. The lowest BCUT2D eigenvalue weighted by Crippen LogP contribution is -1.96. The molecule has 0 saturated heterocycles. The molecule has 0 amide bonds. The van der Waals surface area contributed by atoms with E-state index >= 15 is 0 Å². The molecule has 0 aliphatic carbocycles. The highest BCUT2D eigenvalue weighted by Crippen LogP contribution is 2.34. The molecule has 6 heterocycles. The standard InChI is InChI=1S/C30H21N7O/c1-2-4-19(5-3-1)18-38-22-10-21(13-32-14-22)26-12-24-29(17-34-26)36-37-30(24)27-11-23-25(15-33-16-28(23)35-27)20-6-8-31-9-7-20/h1-17,35H,18H2,(H,36,37). The fraction of sp³-hybridized carbons (Fsp3) is 0.0333. The third-order valence-electron chi connectivity index (χ3n) is 6.50. The highest BCUT2D eigenvalue weighted by molar-refractivity contribution is 6.01. The van der Waals surface area contributed by atoms with E-state index in [1.807, 2.05) is 67.0 Å². The van der Waals surface area contributed by atoms with Crippen LogP contribution in [0.15, 0.2) is 104 Å². The van der Waals surface area contributed by atoms with Crippen LogP contribution in [0.3, 0.4) is 0 Å². The fourth-order valence-electron chi connectivity index (χ4n) is 4.60. The summed E-state index contributed by atoms with van der Waals surface area (Å²) in [6.45, 7) is 0.473. The number of hydrogen-bond donors (Lipinski definition) is 2.